The van der Waals surface area contributed by atoms with Gasteiger partial charge in [0.1, 0.15) is 0 Å². The van der Waals surface area contributed by atoms with Crippen molar-refractivity contribution in [1.82, 2.24) is 15.1 Å². The second-order valence-corrected chi connectivity index (χ2v) is 9.20. The van der Waals surface area contributed by atoms with E-state index in [1.54, 1.807) is 0 Å². The highest BCUT2D eigenvalue weighted by Gasteiger charge is 2.41. The first-order valence-electron chi connectivity index (χ1n) is 10.4. The quantitative estimate of drug-likeness (QED) is 0.854. The van der Waals surface area contributed by atoms with E-state index in [0.717, 1.165) is 24.5 Å². The Bertz CT molecular complexity index is 544. The monoisotopic (exact) mass is 341 g/mol. The zero-order valence-corrected chi connectivity index (χ0v) is 16.1. The molecule has 0 amide bonds. The minimum Gasteiger partial charge on any atom is -0.314 e. The van der Waals surface area contributed by atoms with E-state index >= 15 is 0 Å². The standard InChI is InChI=1S/C22H35N3/c1-22(2)14-21(17-25(22)16-19-6-4-3-5-7-19)24-12-10-20(11-13-24)23-15-18-8-9-18/h3-7,18,20-21,23H,8-17H2,1-2H3/t21-/m1/s1. The van der Waals surface area contributed by atoms with Gasteiger partial charge in [-0.2, -0.15) is 0 Å². The minimum atomic E-state index is 0.307. The second kappa shape index (κ2) is 7.38. The second-order valence-electron chi connectivity index (χ2n) is 9.20. The molecule has 138 valence electrons. The van der Waals surface area contributed by atoms with Crippen molar-refractivity contribution in [3.05, 3.63) is 35.9 Å². The summed E-state index contributed by atoms with van der Waals surface area (Å²) in [4.78, 5) is 5.48. The first kappa shape index (κ1) is 17.5. The van der Waals surface area contributed by atoms with Crippen molar-refractivity contribution in [1.29, 1.82) is 0 Å². The van der Waals surface area contributed by atoms with E-state index in [0.29, 0.717) is 5.54 Å². The molecule has 1 N–H and O–H groups in total. The van der Waals surface area contributed by atoms with Crippen molar-refractivity contribution in [3.8, 4) is 0 Å². The van der Waals surface area contributed by atoms with Gasteiger partial charge >= 0.3 is 0 Å². The average Bonchev–Trinajstić information content (AvgIpc) is 3.39. The van der Waals surface area contributed by atoms with Crippen molar-refractivity contribution in [2.45, 2.75) is 70.1 Å². The van der Waals surface area contributed by atoms with E-state index in [9.17, 15) is 0 Å². The van der Waals surface area contributed by atoms with E-state index < -0.39 is 0 Å². The van der Waals surface area contributed by atoms with Gasteiger partial charge in [-0.15, -0.1) is 0 Å². The lowest BCUT2D eigenvalue weighted by atomic mass is 9.97. The normalized spacial score (nSPS) is 28.5. The molecule has 1 atom stereocenters. The number of hydrogen-bond donors (Lipinski definition) is 1. The van der Waals surface area contributed by atoms with Crippen LogP contribution in [0.25, 0.3) is 0 Å². The highest BCUT2D eigenvalue weighted by Crippen LogP contribution is 2.34. The van der Waals surface area contributed by atoms with Crippen LogP contribution in [0.5, 0.6) is 0 Å². The van der Waals surface area contributed by atoms with Crippen LogP contribution in [-0.4, -0.2) is 53.6 Å². The molecule has 0 spiro atoms. The smallest absolute Gasteiger partial charge is 0.0240 e. The van der Waals surface area contributed by atoms with Gasteiger partial charge in [0, 0.05) is 30.7 Å². The summed E-state index contributed by atoms with van der Waals surface area (Å²) in [5, 5.41) is 3.82. The number of likely N-dealkylation sites (tertiary alicyclic amines) is 2. The van der Waals surface area contributed by atoms with Gasteiger partial charge in [-0.3, -0.25) is 9.80 Å². The predicted molar refractivity (Wildman–Crippen MR) is 105 cm³/mol. The summed E-state index contributed by atoms with van der Waals surface area (Å²) in [5.74, 6) is 1.00. The van der Waals surface area contributed by atoms with E-state index in [4.69, 9.17) is 0 Å². The lowest BCUT2D eigenvalue weighted by Gasteiger charge is -2.36. The van der Waals surface area contributed by atoms with Crippen molar-refractivity contribution in [2.75, 3.05) is 26.2 Å². The molecule has 25 heavy (non-hydrogen) atoms. The summed E-state index contributed by atoms with van der Waals surface area (Å²) in [7, 11) is 0. The number of nitrogens with one attached hydrogen (secondary N) is 1. The first-order valence-corrected chi connectivity index (χ1v) is 10.4. The summed E-state index contributed by atoms with van der Waals surface area (Å²) >= 11 is 0. The molecule has 3 heteroatoms. The molecule has 2 heterocycles. The molecule has 1 aromatic rings. The van der Waals surface area contributed by atoms with Crippen molar-refractivity contribution >= 4 is 0 Å². The Labute approximate surface area is 153 Å². The summed E-state index contributed by atoms with van der Waals surface area (Å²) in [5.41, 5.74) is 1.75. The molecular formula is C22H35N3. The molecule has 1 aliphatic carbocycles. The summed E-state index contributed by atoms with van der Waals surface area (Å²) in [6, 6.07) is 12.5. The van der Waals surface area contributed by atoms with Crippen LogP contribution in [-0.2, 0) is 6.54 Å². The van der Waals surface area contributed by atoms with Gasteiger partial charge in [0.25, 0.3) is 0 Å². The summed E-state index contributed by atoms with van der Waals surface area (Å²) in [6.45, 7) is 11.0. The van der Waals surface area contributed by atoms with Gasteiger partial charge in [0.05, 0.1) is 0 Å². The Hall–Kier alpha value is -0.900. The van der Waals surface area contributed by atoms with E-state index in [-0.39, 0.29) is 0 Å². The maximum atomic E-state index is 3.82. The Morgan fingerprint density at radius 3 is 2.44 bits per heavy atom. The maximum absolute atomic E-state index is 3.82. The zero-order chi connectivity index (χ0) is 17.3. The molecule has 2 aliphatic heterocycles. The molecule has 1 saturated carbocycles. The van der Waals surface area contributed by atoms with Gasteiger partial charge in [-0.25, -0.2) is 0 Å². The average molecular weight is 342 g/mol. The SMILES string of the molecule is CC1(C)C[C@@H](N2CCC(NCC3CC3)CC2)CN1Cc1ccccc1. The van der Waals surface area contributed by atoms with Crippen LogP contribution in [0, 0.1) is 5.92 Å². The lowest BCUT2D eigenvalue weighted by Crippen LogP contribution is -2.47. The van der Waals surface area contributed by atoms with Crippen molar-refractivity contribution in [2.24, 2.45) is 5.92 Å². The Morgan fingerprint density at radius 2 is 1.76 bits per heavy atom. The molecule has 0 radical (unpaired) electrons. The fraction of sp³-hybridized carbons (Fsp3) is 0.727. The number of nitrogens with zero attached hydrogens (tertiary/aromatic N) is 2. The topological polar surface area (TPSA) is 18.5 Å². The van der Waals surface area contributed by atoms with Gasteiger partial charge in [-0.1, -0.05) is 30.3 Å². The molecule has 0 aromatic heterocycles. The third-order valence-corrected chi connectivity index (χ3v) is 6.68. The lowest BCUT2D eigenvalue weighted by molar-refractivity contribution is 0.140. The van der Waals surface area contributed by atoms with E-state index in [2.05, 4.69) is 59.3 Å². The third-order valence-electron chi connectivity index (χ3n) is 6.68. The van der Waals surface area contributed by atoms with Crippen molar-refractivity contribution < 1.29 is 0 Å². The molecule has 1 aromatic carbocycles. The van der Waals surface area contributed by atoms with Gasteiger partial charge in [0.15, 0.2) is 0 Å². The first-order chi connectivity index (χ1) is 12.1. The van der Waals surface area contributed by atoms with Crippen LogP contribution in [0.2, 0.25) is 0 Å². The largest absolute Gasteiger partial charge is 0.314 e. The van der Waals surface area contributed by atoms with Crippen LogP contribution in [0.15, 0.2) is 30.3 Å². The summed E-state index contributed by atoms with van der Waals surface area (Å²) < 4.78 is 0. The van der Waals surface area contributed by atoms with Gasteiger partial charge in [0.2, 0.25) is 0 Å². The molecule has 3 nitrogen and oxygen atoms in total. The Morgan fingerprint density at radius 1 is 1.04 bits per heavy atom. The van der Waals surface area contributed by atoms with E-state index in [1.165, 1.54) is 63.8 Å². The van der Waals surface area contributed by atoms with E-state index in [1.807, 2.05) is 0 Å². The minimum absolute atomic E-state index is 0.307. The molecule has 0 unspecified atom stereocenters. The molecule has 3 fully saturated rings. The summed E-state index contributed by atoms with van der Waals surface area (Å²) in [6.07, 6.45) is 6.89. The molecule has 0 bridgehead atoms. The molecule has 3 aliphatic rings. The fourth-order valence-electron chi connectivity index (χ4n) is 4.72. The van der Waals surface area contributed by atoms with Crippen LogP contribution >= 0.6 is 0 Å². The highest BCUT2D eigenvalue weighted by molar-refractivity contribution is 5.15. The van der Waals surface area contributed by atoms with Crippen molar-refractivity contribution in [3.63, 3.8) is 0 Å². The van der Waals surface area contributed by atoms with Crippen LogP contribution in [0.4, 0.5) is 0 Å². The zero-order valence-electron chi connectivity index (χ0n) is 16.1. The Balaban J connectivity index is 1.28. The van der Waals surface area contributed by atoms with Crippen LogP contribution < -0.4 is 5.32 Å². The highest BCUT2D eigenvalue weighted by atomic mass is 15.3. The van der Waals surface area contributed by atoms with Crippen LogP contribution in [0.1, 0.15) is 51.5 Å². The third kappa shape index (κ3) is 4.45. The number of hydrogen-bond acceptors (Lipinski definition) is 3. The van der Waals surface area contributed by atoms with Crippen LogP contribution in [0.3, 0.4) is 0 Å². The fourth-order valence-corrected chi connectivity index (χ4v) is 4.72. The molecule has 2 saturated heterocycles. The van der Waals surface area contributed by atoms with Gasteiger partial charge < -0.3 is 5.32 Å². The predicted octanol–water partition coefficient (Wildman–Crippen LogP) is 3.50. The number of piperidine rings is 1. The maximum Gasteiger partial charge on any atom is 0.0240 e. The Kier molecular flexibility index (Phi) is 5.17. The van der Waals surface area contributed by atoms with Gasteiger partial charge in [-0.05, 0) is 77.1 Å². The number of benzene rings is 1. The number of rotatable bonds is 6. The molecular weight excluding hydrogens is 306 g/mol. The molecule has 4 rings (SSSR count).